The molecule has 6 heteroatoms. The van der Waals surface area contributed by atoms with Gasteiger partial charge in [-0.3, -0.25) is 0 Å². The zero-order chi connectivity index (χ0) is 14.9. The van der Waals surface area contributed by atoms with Gasteiger partial charge in [0, 0.05) is 13.1 Å². The fourth-order valence-corrected chi connectivity index (χ4v) is 4.32. The summed E-state index contributed by atoms with van der Waals surface area (Å²) >= 11 is 0. The van der Waals surface area contributed by atoms with Crippen molar-refractivity contribution in [2.24, 2.45) is 5.92 Å². The number of halogens is 1. The first kappa shape index (κ1) is 15.3. The van der Waals surface area contributed by atoms with Crippen LogP contribution in [0.1, 0.15) is 32.6 Å². The van der Waals surface area contributed by atoms with Crippen LogP contribution in [0.25, 0.3) is 0 Å². The van der Waals surface area contributed by atoms with Crippen molar-refractivity contribution >= 4 is 15.7 Å². The second kappa shape index (κ2) is 5.69. The molecule has 4 nitrogen and oxygen atoms in total. The van der Waals surface area contributed by atoms with Crippen molar-refractivity contribution in [1.29, 1.82) is 0 Å². The van der Waals surface area contributed by atoms with Gasteiger partial charge in [-0.2, -0.15) is 4.31 Å². The number of nitrogens with two attached hydrogens (primary N) is 1. The minimum absolute atomic E-state index is 0.0407. The number of nitrogens with zero attached hydrogens (tertiary/aromatic N) is 1. The maximum atomic E-state index is 13.8. The normalized spacial score (nSPS) is 24.0. The van der Waals surface area contributed by atoms with Crippen molar-refractivity contribution < 1.29 is 12.8 Å². The molecule has 1 aromatic rings. The molecule has 0 atom stereocenters. The molecule has 0 radical (unpaired) electrons. The van der Waals surface area contributed by atoms with Crippen molar-refractivity contribution in [2.45, 2.75) is 43.5 Å². The molecule has 1 aliphatic carbocycles. The van der Waals surface area contributed by atoms with Crippen LogP contribution in [-0.2, 0) is 10.0 Å². The van der Waals surface area contributed by atoms with Crippen LogP contribution in [0, 0.1) is 11.7 Å². The molecule has 1 aliphatic rings. The minimum atomic E-state index is -3.88. The number of hydrogen-bond donors (Lipinski definition) is 1. The first-order valence-corrected chi connectivity index (χ1v) is 8.30. The molecule has 0 saturated heterocycles. The second-order valence-electron chi connectivity index (χ2n) is 5.59. The molecule has 1 aromatic carbocycles. The largest absolute Gasteiger partial charge is 0.398 e. The van der Waals surface area contributed by atoms with Gasteiger partial charge in [0.25, 0.3) is 0 Å². The monoisotopic (exact) mass is 300 g/mol. The predicted octanol–water partition coefficient (Wildman–Crippen LogP) is 2.61. The maximum absolute atomic E-state index is 13.8. The molecule has 1 fully saturated rings. The number of hydrogen-bond acceptors (Lipinski definition) is 3. The van der Waals surface area contributed by atoms with Crippen LogP contribution in [0.4, 0.5) is 10.1 Å². The van der Waals surface area contributed by atoms with Gasteiger partial charge in [-0.25, -0.2) is 12.8 Å². The summed E-state index contributed by atoms with van der Waals surface area (Å²) in [6.07, 6.45) is 3.62. The lowest BCUT2D eigenvalue weighted by Gasteiger charge is -2.33. The summed E-state index contributed by atoms with van der Waals surface area (Å²) in [7, 11) is -2.37. The van der Waals surface area contributed by atoms with Gasteiger partial charge < -0.3 is 5.73 Å². The first-order chi connectivity index (χ1) is 9.34. The standard InChI is InChI=1S/C14H21FN2O2S/c1-10-6-8-11(9-7-10)17(2)20(18,19)14-12(15)4-3-5-13(14)16/h3-5,10-11H,6-9,16H2,1-2H3. The van der Waals surface area contributed by atoms with Gasteiger partial charge in [-0.1, -0.05) is 13.0 Å². The molecule has 2 rings (SSSR count). The Bertz CT molecular complexity index is 561. The molecular formula is C14H21FN2O2S. The molecule has 20 heavy (non-hydrogen) atoms. The third kappa shape index (κ3) is 2.81. The van der Waals surface area contributed by atoms with E-state index in [1.54, 1.807) is 0 Å². The van der Waals surface area contributed by atoms with Gasteiger partial charge in [0.05, 0.1) is 5.69 Å². The molecule has 0 aromatic heterocycles. The number of nitrogen functional groups attached to an aromatic ring is 1. The van der Waals surface area contributed by atoms with Gasteiger partial charge in [0.2, 0.25) is 10.0 Å². The van der Waals surface area contributed by atoms with Crippen molar-refractivity contribution in [1.82, 2.24) is 4.31 Å². The summed E-state index contributed by atoms with van der Waals surface area (Å²) in [5.41, 5.74) is 5.61. The maximum Gasteiger partial charge on any atom is 0.248 e. The Hall–Kier alpha value is -1.14. The Labute approximate surface area is 119 Å². The SMILES string of the molecule is CC1CCC(N(C)S(=O)(=O)c2c(N)cccc2F)CC1. The number of rotatable bonds is 3. The van der Waals surface area contributed by atoms with Crippen molar-refractivity contribution in [3.05, 3.63) is 24.0 Å². The molecular weight excluding hydrogens is 279 g/mol. The fraction of sp³-hybridized carbons (Fsp3) is 0.571. The molecule has 0 amide bonds. The summed E-state index contributed by atoms with van der Waals surface area (Å²) < 4.78 is 40.3. The predicted molar refractivity (Wildman–Crippen MR) is 77.2 cm³/mol. The number of anilines is 1. The quantitative estimate of drug-likeness (QED) is 0.873. The lowest BCUT2D eigenvalue weighted by atomic mass is 9.87. The van der Waals surface area contributed by atoms with Crippen molar-refractivity contribution in [3.63, 3.8) is 0 Å². The van der Waals surface area contributed by atoms with E-state index in [2.05, 4.69) is 6.92 Å². The molecule has 0 bridgehead atoms. The van der Waals surface area contributed by atoms with Crippen LogP contribution in [0.5, 0.6) is 0 Å². The summed E-state index contributed by atoms with van der Waals surface area (Å²) in [6.45, 7) is 2.17. The van der Waals surface area contributed by atoms with Crippen LogP contribution in [0.3, 0.4) is 0 Å². The summed E-state index contributed by atoms with van der Waals surface area (Å²) in [5, 5.41) is 0. The highest BCUT2D eigenvalue weighted by Gasteiger charge is 2.33. The van der Waals surface area contributed by atoms with E-state index < -0.39 is 20.7 Å². The Balaban J connectivity index is 2.30. The zero-order valence-corrected chi connectivity index (χ0v) is 12.7. The van der Waals surface area contributed by atoms with Crippen LogP contribution in [0.2, 0.25) is 0 Å². The molecule has 0 unspecified atom stereocenters. The highest BCUT2D eigenvalue weighted by atomic mass is 32.2. The van der Waals surface area contributed by atoms with Gasteiger partial charge in [0.15, 0.2) is 0 Å². The molecule has 0 aliphatic heterocycles. The summed E-state index contributed by atoms with van der Waals surface area (Å²) in [6, 6.07) is 3.87. The number of sulfonamides is 1. The van der Waals surface area contributed by atoms with E-state index in [0.29, 0.717) is 5.92 Å². The smallest absolute Gasteiger partial charge is 0.248 e. The van der Waals surface area contributed by atoms with Crippen molar-refractivity contribution in [2.75, 3.05) is 12.8 Å². The van der Waals surface area contributed by atoms with Crippen LogP contribution >= 0.6 is 0 Å². The topological polar surface area (TPSA) is 63.4 Å². The van der Waals surface area contributed by atoms with Gasteiger partial charge in [-0.15, -0.1) is 0 Å². The summed E-state index contributed by atoms with van der Waals surface area (Å²) in [4.78, 5) is -0.402. The van der Waals surface area contributed by atoms with E-state index in [1.165, 1.54) is 23.5 Å². The average Bonchev–Trinajstić information content (AvgIpc) is 2.38. The van der Waals surface area contributed by atoms with Crippen LogP contribution in [-0.4, -0.2) is 25.8 Å². The highest BCUT2D eigenvalue weighted by molar-refractivity contribution is 7.89. The van der Waals surface area contributed by atoms with Gasteiger partial charge in [-0.05, 0) is 43.7 Å². The van der Waals surface area contributed by atoms with E-state index in [0.717, 1.165) is 31.7 Å². The van der Waals surface area contributed by atoms with Gasteiger partial charge >= 0.3 is 0 Å². The van der Waals surface area contributed by atoms with E-state index in [9.17, 15) is 12.8 Å². The van der Waals surface area contributed by atoms with Crippen LogP contribution in [0.15, 0.2) is 23.1 Å². The molecule has 0 spiro atoms. The molecule has 1 saturated carbocycles. The van der Waals surface area contributed by atoms with Crippen molar-refractivity contribution in [3.8, 4) is 0 Å². The van der Waals surface area contributed by atoms with E-state index in [-0.39, 0.29) is 11.7 Å². The molecule has 0 heterocycles. The van der Waals surface area contributed by atoms with Gasteiger partial charge in [0.1, 0.15) is 10.7 Å². The lowest BCUT2D eigenvalue weighted by Crippen LogP contribution is -2.39. The number of benzene rings is 1. The van der Waals surface area contributed by atoms with E-state index in [4.69, 9.17) is 5.73 Å². The van der Waals surface area contributed by atoms with Crippen LogP contribution < -0.4 is 5.73 Å². The van der Waals surface area contributed by atoms with E-state index in [1.807, 2.05) is 0 Å². The Morgan fingerprint density at radius 2 is 1.85 bits per heavy atom. The average molecular weight is 300 g/mol. The highest BCUT2D eigenvalue weighted by Crippen LogP contribution is 2.31. The fourth-order valence-electron chi connectivity index (χ4n) is 2.74. The minimum Gasteiger partial charge on any atom is -0.398 e. The molecule has 2 N–H and O–H groups in total. The Morgan fingerprint density at radius 1 is 1.25 bits per heavy atom. The Kier molecular flexibility index (Phi) is 4.34. The molecule has 112 valence electrons. The third-order valence-corrected chi connectivity index (χ3v) is 6.14. The third-order valence-electron chi connectivity index (χ3n) is 4.13. The Morgan fingerprint density at radius 3 is 2.40 bits per heavy atom. The van der Waals surface area contributed by atoms with E-state index >= 15 is 0 Å². The first-order valence-electron chi connectivity index (χ1n) is 6.86. The lowest BCUT2D eigenvalue weighted by molar-refractivity contribution is 0.245. The zero-order valence-electron chi connectivity index (χ0n) is 11.8. The second-order valence-corrected chi connectivity index (χ2v) is 7.53. The summed E-state index contributed by atoms with van der Waals surface area (Å²) in [5.74, 6) is -0.165.